The molecule has 1 aliphatic carbocycles. The first kappa shape index (κ1) is 18.2. The highest BCUT2D eigenvalue weighted by Gasteiger charge is 2.30. The fraction of sp³-hybridized carbons (Fsp3) is 0.500. The molecular formula is C18H24N8O2. The SMILES string of the molecule is CC(C)NC(=O)OC1CCC(c2cc(Nc3ncnc4cnn(C)c34)n[nH]2)C1. The molecule has 3 aromatic heterocycles. The van der Waals surface area contributed by atoms with Gasteiger partial charge in [0.15, 0.2) is 11.6 Å². The molecule has 2 unspecified atom stereocenters. The molecule has 4 rings (SSSR count). The van der Waals surface area contributed by atoms with Gasteiger partial charge in [-0.25, -0.2) is 14.8 Å². The number of rotatable bonds is 5. The standard InChI is InChI=1S/C18H24N8O2/c1-10(2)22-18(27)28-12-5-4-11(6-12)13-7-15(25-24-13)23-17-16-14(19-9-20-17)8-21-26(16)3/h7-12H,4-6H2,1-3H3,(H,22,27)(H2,19,20,23,24,25). The Kier molecular flexibility index (Phi) is 4.84. The molecule has 3 aromatic rings. The third-order valence-electron chi connectivity index (χ3n) is 4.88. The van der Waals surface area contributed by atoms with Gasteiger partial charge in [0.2, 0.25) is 0 Å². The smallest absolute Gasteiger partial charge is 0.407 e. The topological polar surface area (TPSA) is 123 Å². The number of ether oxygens (including phenoxy) is 1. The zero-order chi connectivity index (χ0) is 19.7. The van der Waals surface area contributed by atoms with Crippen LogP contribution in [0.3, 0.4) is 0 Å². The lowest BCUT2D eigenvalue weighted by atomic mass is 10.0. The van der Waals surface area contributed by atoms with Crippen molar-refractivity contribution in [3.8, 4) is 0 Å². The summed E-state index contributed by atoms with van der Waals surface area (Å²) in [4.78, 5) is 20.3. The van der Waals surface area contributed by atoms with Crippen LogP contribution in [0.25, 0.3) is 11.0 Å². The Morgan fingerprint density at radius 3 is 3.04 bits per heavy atom. The summed E-state index contributed by atoms with van der Waals surface area (Å²) in [7, 11) is 1.85. The minimum absolute atomic E-state index is 0.0682. The molecule has 0 aromatic carbocycles. The van der Waals surface area contributed by atoms with Crippen molar-refractivity contribution < 1.29 is 9.53 Å². The van der Waals surface area contributed by atoms with Gasteiger partial charge in [-0.05, 0) is 33.1 Å². The highest BCUT2D eigenvalue weighted by atomic mass is 16.6. The number of carbonyl (C=O) groups is 1. The summed E-state index contributed by atoms with van der Waals surface area (Å²) in [6.07, 6.45) is 5.36. The van der Waals surface area contributed by atoms with Crippen molar-refractivity contribution in [2.75, 3.05) is 5.32 Å². The minimum atomic E-state index is -0.350. The van der Waals surface area contributed by atoms with Crippen LogP contribution < -0.4 is 10.6 Å². The molecule has 2 atom stereocenters. The maximum Gasteiger partial charge on any atom is 0.407 e. The average Bonchev–Trinajstić information content (AvgIpc) is 3.35. The van der Waals surface area contributed by atoms with Crippen molar-refractivity contribution in [3.63, 3.8) is 0 Å². The first-order chi connectivity index (χ1) is 13.5. The number of nitrogens with zero attached hydrogens (tertiary/aromatic N) is 5. The van der Waals surface area contributed by atoms with E-state index in [0.29, 0.717) is 11.6 Å². The quantitative estimate of drug-likeness (QED) is 0.618. The number of aromatic nitrogens is 6. The Morgan fingerprint density at radius 2 is 2.21 bits per heavy atom. The molecule has 3 N–H and O–H groups in total. The lowest BCUT2D eigenvalue weighted by Crippen LogP contribution is -2.33. The monoisotopic (exact) mass is 384 g/mol. The molecule has 0 radical (unpaired) electrons. The fourth-order valence-electron chi connectivity index (χ4n) is 3.58. The molecule has 10 nitrogen and oxygen atoms in total. The van der Waals surface area contributed by atoms with E-state index in [1.807, 2.05) is 27.0 Å². The van der Waals surface area contributed by atoms with Crippen molar-refractivity contribution in [2.45, 2.75) is 51.2 Å². The molecule has 0 saturated heterocycles. The van der Waals surface area contributed by atoms with Crippen molar-refractivity contribution in [1.82, 2.24) is 35.3 Å². The second-order valence-electron chi connectivity index (χ2n) is 7.39. The lowest BCUT2D eigenvalue weighted by Gasteiger charge is -2.14. The van der Waals surface area contributed by atoms with Crippen LogP contribution in [0.15, 0.2) is 18.6 Å². The first-order valence-corrected chi connectivity index (χ1v) is 9.41. The van der Waals surface area contributed by atoms with E-state index in [9.17, 15) is 4.79 Å². The van der Waals surface area contributed by atoms with Gasteiger partial charge in [0.25, 0.3) is 0 Å². The van der Waals surface area contributed by atoms with Crippen molar-refractivity contribution in [3.05, 3.63) is 24.3 Å². The van der Waals surface area contributed by atoms with Crippen molar-refractivity contribution in [1.29, 1.82) is 0 Å². The number of hydrogen-bond acceptors (Lipinski definition) is 7. The van der Waals surface area contributed by atoms with Crippen molar-refractivity contribution in [2.24, 2.45) is 7.05 Å². The highest BCUT2D eigenvalue weighted by molar-refractivity contribution is 5.86. The van der Waals surface area contributed by atoms with E-state index in [2.05, 4.69) is 35.9 Å². The highest BCUT2D eigenvalue weighted by Crippen LogP contribution is 2.36. The van der Waals surface area contributed by atoms with E-state index in [4.69, 9.17) is 4.74 Å². The Bertz CT molecular complexity index is 979. The third kappa shape index (κ3) is 3.75. The van der Waals surface area contributed by atoms with Gasteiger partial charge in [0, 0.05) is 30.8 Å². The van der Waals surface area contributed by atoms with Crippen LogP contribution in [0.4, 0.5) is 16.4 Å². The number of anilines is 2. The molecule has 1 fully saturated rings. The zero-order valence-electron chi connectivity index (χ0n) is 16.1. The molecule has 1 amide bonds. The normalized spacial score (nSPS) is 19.3. The van der Waals surface area contributed by atoms with Crippen LogP contribution >= 0.6 is 0 Å². The molecule has 0 spiro atoms. The van der Waals surface area contributed by atoms with Crippen LogP contribution in [0.1, 0.15) is 44.7 Å². The molecule has 3 heterocycles. The molecule has 28 heavy (non-hydrogen) atoms. The van der Waals surface area contributed by atoms with Crippen LogP contribution in [0.2, 0.25) is 0 Å². The average molecular weight is 384 g/mol. The summed E-state index contributed by atoms with van der Waals surface area (Å²) in [5.41, 5.74) is 2.61. The lowest BCUT2D eigenvalue weighted by molar-refractivity contribution is 0.0981. The summed E-state index contributed by atoms with van der Waals surface area (Å²) in [6.45, 7) is 3.82. The predicted molar refractivity (Wildman–Crippen MR) is 103 cm³/mol. The number of hydrogen-bond donors (Lipinski definition) is 3. The van der Waals surface area contributed by atoms with E-state index in [1.54, 1.807) is 10.9 Å². The van der Waals surface area contributed by atoms with Crippen LogP contribution in [0, 0.1) is 0 Å². The van der Waals surface area contributed by atoms with Crippen LogP contribution in [0.5, 0.6) is 0 Å². The molecule has 1 aliphatic rings. The maximum absolute atomic E-state index is 11.8. The van der Waals surface area contributed by atoms with Gasteiger partial charge in [-0.3, -0.25) is 9.78 Å². The number of amides is 1. The number of aromatic amines is 1. The van der Waals surface area contributed by atoms with E-state index in [0.717, 1.165) is 36.0 Å². The zero-order valence-corrected chi connectivity index (χ0v) is 16.1. The maximum atomic E-state index is 11.8. The molecule has 148 valence electrons. The number of aryl methyl sites for hydroxylation is 1. The number of alkyl carbamates (subject to hydrolysis) is 1. The second kappa shape index (κ2) is 7.45. The summed E-state index contributed by atoms with van der Waals surface area (Å²) < 4.78 is 7.23. The van der Waals surface area contributed by atoms with E-state index in [1.165, 1.54) is 6.33 Å². The Labute approximate surface area is 162 Å². The summed E-state index contributed by atoms with van der Waals surface area (Å²) in [5, 5.41) is 17.7. The molecule has 0 aliphatic heterocycles. The third-order valence-corrected chi connectivity index (χ3v) is 4.88. The Hall–Kier alpha value is -3.17. The summed E-state index contributed by atoms with van der Waals surface area (Å²) in [6, 6.07) is 2.05. The van der Waals surface area contributed by atoms with Gasteiger partial charge in [-0.2, -0.15) is 10.2 Å². The number of H-pyrrole nitrogens is 1. The van der Waals surface area contributed by atoms with E-state index in [-0.39, 0.29) is 24.2 Å². The fourth-order valence-corrected chi connectivity index (χ4v) is 3.58. The summed E-state index contributed by atoms with van der Waals surface area (Å²) >= 11 is 0. The Balaban J connectivity index is 1.41. The minimum Gasteiger partial charge on any atom is -0.446 e. The number of fused-ring (bicyclic) bond motifs is 1. The number of carbonyl (C=O) groups excluding carboxylic acids is 1. The van der Waals surface area contributed by atoms with Crippen LogP contribution in [-0.2, 0) is 11.8 Å². The van der Waals surface area contributed by atoms with Gasteiger partial charge in [0.05, 0.1) is 6.20 Å². The molecule has 1 saturated carbocycles. The van der Waals surface area contributed by atoms with Gasteiger partial charge >= 0.3 is 6.09 Å². The second-order valence-corrected chi connectivity index (χ2v) is 7.39. The van der Waals surface area contributed by atoms with Gasteiger partial charge in [-0.1, -0.05) is 0 Å². The number of nitrogens with one attached hydrogen (secondary N) is 3. The largest absolute Gasteiger partial charge is 0.446 e. The van der Waals surface area contributed by atoms with Gasteiger partial charge in [0.1, 0.15) is 23.5 Å². The molecular weight excluding hydrogens is 360 g/mol. The van der Waals surface area contributed by atoms with E-state index >= 15 is 0 Å². The first-order valence-electron chi connectivity index (χ1n) is 9.41. The Morgan fingerprint density at radius 1 is 1.36 bits per heavy atom. The molecule has 0 bridgehead atoms. The van der Waals surface area contributed by atoms with Crippen molar-refractivity contribution >= 4 is 28.8 Å². The van der Waals surface area contributed by atoms with Gasteiger partial charge < -0.3 is 15.4 Å². The summed E-state index contributed by atoms with van der Waals surface area (Å²) in [5.74, 6) is 1.61. The predicted octanol–water partition coefficient (Wildman–Crippen LogP) is 2.60. The molecule has 10 heteroatoms. The van der Waals surface area contributed by atoms with Gasteiger partial charge in [-0.15, -0.1) is 0 Å². The van der Waals surface area contributed by atoms with Crippen LogP contribution in [-0.4, -0.2) is 48.2 Å². The van der Waals surface area contributed by atoms with E-state index < -0.39 is 0 Å².